The van der Waals surface area contributed by atoms with E-state index in [1.54, 1.807) is 13.8 Å². The lowest BCUT2D eigenvalue weighted by atomic mass is 10.1. The van der Waals surface area contributed by atoms with E-state index in [9.17, 15) is 19.5 Å². The van der Waals surface area contributed by atoms with Crippen LogP contribution >= 0.6 is 11.8 Å². The Kier molecular flexibility index (Phi) is 13.4. The van der Waals surface area contributed by atoms with Gasteiger partial charge in [-0.3, -0.25) is 14.2 Å². The first-order chi connectivity index (χ1) is 20.2. The highest BCUT2D eigenvalue weighted by Crippen LogP contribution is 2.33. The van der Waals surface area contributed by atoms with E-state index in [1.165, 1.54) is 26.6 Å². The van der Waals surface area contributed by atoms with Crippen LogP contribution in [0, 0.1) is 0 Å². The lowest BCUT2D eigenvalue weighted by Gasteiger charge is -2.18. The van der Waals surface area contributed by atoms with Crippen molar-refractivity contribution in [1.82, 2.24) is 14.3 Å². The number of aryl methyl sites for hydroxylation is 1. The van der Waals surface area contributed by atoms with E-state index in [2.05, 4.69) is 29.5 Å². The summed E-state index contributed by atoms with van der Waals surface area (Å²) in [6.45, 7) is 6.94. The smallest absolute Gasteiger partial charge is 0.347 e. The van der Waals surface area contributed by atoms with Crippen LogP contribution < -0.4 is 16.6 Å². The maximum atomic E-state index is 13.2. The standard InChI is InChI=1S/C33H46N4O4S/c1-4-5-6-9-15-23-36-30(38)29(35-37(32(36)41)25-27-18-12-10-13-19-27)34-22-14-8-7-11-17-26-20-16-21-28(24-26)42-33(2,3)31(39)40/h10,12-13,16,18-21,24H,4-9,11,14-15,17,22-23,25H2,1-3H3,(H,34,35)(H,39,40). The second kappa shape index (κ2) is 16.9. The molecule has 2 N–H and O–H groups in total. The van der Waals surface area contributed by atoms with Gasteiger partial charge in [0.15, 0.2) is 0 Å². The summed E-state index contributed by atoms with van der Waals surface area (Å²) < 4.78 is 1.87. The topological polar surface area (TPSA) is 106 Å². The number of nitrogens with one attached hydrogen (secondary N) is 1. The van der Waals surface area contributed by atoms with Gasteiger partial charge >= 0.3 is 11.7 Å². The van der Waals surface area contributed by atoms with Crippen LogP contribution in [0.3, 0.4) is 0 Å². The Bertz CT molecular complexity index is 1380. The van der Waals surface area contributed by atoms with Crippen molar-refractivity contribution in [1.29, 1.82) is 0 Å². The van der Waals surface area contributed by atoms with Crippen molar-refractivity contribution >= 4 is 23.5 Å². The van der Waals surface area contributed by atoms with Gasteiger partial charge in [0.05, 0.1) is 6.54 Å². The molecule has 0 atom stereocenters. The van der Waals surface area contributed by atoms with Gasteiger partial charge in [-0.15, -0.1) is 16.9 Å². The summed E-state index contributed by atoms with van der Waals surface area (Å²) in [5.74, 6) is -0.587. The number of hydrogen-bond acceptors (Lipinski definition) is 6. The molecule has 0 unspecified atom stereocenters. The van der Waals surface area contributed by atoms with Gasteiger partial charge in [0.25, 0.3) is 5.56 Å². The van der Waals surface area contributed by atoms with Crippen LogP contribution in [0.25, 0.3) is 0 Å². The van der Waals surface area contributed by atoms with Crippen LogP contribution in [0.1, 0.15) is 89.7 Å². The van der Waals surface area contributed by atoms with Crippen molar-refractivity contribution in [2.45, 2.75) is 108 Å². The first kappa shape index (κ1) is 33.2. The Balaban J connectivity index is 1.53. The quantitative estimate of drug-likeness (QED) is 0.119. The van der Waals surface area contributed by atoms with Crippen molar-refractivity contribution < 1.29 is 9.90 Å². The number of carboxylic acids is 1. The number of hydrogen-bond donors (Lipinski definition) is 2. The van der Waals surface area contributed by atoms with Crippen molar-refractivity contribution in [2.24, 2.45) is 0 Å². The minimum Gasteiger partial charge on any atom is -0.480 e. The molecule has 0 spiro atoms. The van der Waals surface area contributed by atoms with Crippen LogP contribution in [0.5, 0.6) is 0 Å². The molecule has 2 aromatic carbocycles. The predicted molar refractivity (Wildman–Crippen MR) is 172 cm³/mol. The summed E-state index contributed by atoms with van der Waals surface area (Å²) in [5, 5.41) is 17.0. The third kappa shape index (κ3) is 10.5. The summed E-state index contributed by atoms with van der Waals surface area (Å²) in [4.78, 5) is 38.8. The van der Waals surface area contributed by atoms with E-state index in [1.807, 2.05) is 42.5 Å². The van der Waals surface area contributed by atoms with Gasteiger partial charge in [0, 0.05) is 18.0 Å². The van der Waals surface area contributed by atoms with Gasteiger partial charge in [0.1, 0.15) is 4.75 Å². The largest absolute Gasteiger partial charge is 0.480 e. The molecule has 228 valence electrons. The van der Waals surface area contributed by atoms with Crippen molar-refractivity contribution in [3.05, 3.63) is 86.6 Å². The second-order valence-corrected chi connectivity index (χ2v) is 13.0. The van der Waals surface area contributed by atoms with E-state index in [0.717, 1.165) is 74.7 Å². The number of anilines is 1. The molecule has 3 aromatic rings. The molecule has 0 fully saturated rings. The van der Waals surface area contributed by atoms with Crippen LogP contribution in [-0.4, -0.2) is 36.7 Å². The molecular formula is C33H46N4O4S. The summed E-state index contributed by atoms with van der Waals surface area (Å²) >= 11 is 1.37. The molecule has 0 saturated heterocycles. The highest BCUT2D eigenvalue weighted by molar-refractivity contribution is 8.01. The number of nitrogens with zero attached hydrogens (tertiary/aromatic N) is 3. The average Bonchev–Trinajstić information content (AvgIpc) is 2.96. The minimum atomic E-state index is -0.868. The molecule has 0 bridgehead atoms. The molecule has 0 aliphatic carbocycles. The van der Waals surface area contributed by atoms with Gasteiger partial charge in [-0.2, -0.15) is 0 Å². The second-order valence-electron chi connectivity index (χ2n) is 11.3. The number of rotatable bonds is 19. The summed E-state index contributed by atoms with van der Waals surface area (Å²) in [7, 11) is 0. The van der Waals surface area contributed by atoms with Gasteiger partial charge in [0.2, 0.25) is 5.82 Å². The Hall–Kier alpha value is -3.33. The highest BCUT2D eigenvalue weighted by atomic mass is 32.2. The molecule has 3 rings (SSSR count). The number of aromatic nitrogens is 3. The molecule has 42 heavy (non-hydrogen) atoms. The Morgan fingerprint density at radius 1 is 0.905 bits per heavy atom. The van der Waals surface area contributed by atoms with Gasteiger partial charge in [-0.1, -0.05) is 87.9 Å². The monoisotopic (exact) mass is 594 g/mol. The van der Waals surface area contributed by atoms with Gasteiger partial charge in [-0.25, -0.2) is 9.48 Å². The zero-order chi connectivity index (χ0) is 30.4. The van der Waals surface area contributed by atoms with E-state index in [-0.39, 0.29) is 17.1 Å². The van der Waals surface area contributed by atoms with Crippen molar-refractivity contribution in [3.8, 4) is 0 Å². The zero-order valence-corrected chi connectivity index (χ0v) is 26.1. The Morgan fingerprint density at radius 2 is 1.60 bits per heavy atom. The molecule has 1 aromatic heterocycles. The summed E-state index contributed by atoms with van der Waals surface area (Å²) in [6, 6.07) is 17.8. The number of thioether (sulfide) groups is 1. The van der Waals surface area contributed by atoms with Crippen LogP contribution in [0.4, 0.5) is 5.82 Å². The fourth-order valence-electron chi connectivity index (χ4n) is 4.72. The zero-order valence-electron chi connectivity index (χ0n) is 25.3. The Morgan fingerprint density at radius 3 is 2.33 bits per heavy atom. The number of carbonyl (C=O) groups is 1. The van der Waals surface area contributed by atoms with Crippen LogP contribution in [0.15, 0.2) is 69.1 Å². The third-order valence-electron chi connectivity index (χ3n) is 7.25. The molecule has 0 radical (unpaired) electrons. The Labute approximate surface area is 253 Å². The van der Waals surface area contributed by atoms with E-state index >= 15 is 0 Å². The van der Waals surface area contributed by atoms with E-state index in [4.69, 9.17) is 0 Å². The molecule has 0 aliphatic rings. The van der Waals surface area contributed by atoms with Crippen molar-refractivity contribution in [3.63, 3.8) is 0 Å². The van der Waals surface area contributed by atoms with Gasteiger partial charge in [-0.05, 0) is 62.8 Å². The maximum absolute atomic E-state index is 13.2. The normalized spacial score (nSPS) is 11.5. The van der Waals surface area contributed by atoms with E-state index in [0.29, 0.717) is 19.6 Å². The molecule has 0 amide bonds. The first-order valence-corrected chi connectivity index (χ1v) is 16.0. The third-order valence-corrected chi connectivity index (χ3v) is 8.43. The number of carboxylic acid groups (broad SMARTS) is 1. The molecule has 0 saturated carbocycles. The SMILES string of the molecule is CCCCCCCn1c(=O)c(NCCCCCCc2cccc(SC(C)(C)C(=O)O)c2)nn(Cc2ccccc2)c1=O. The summed E-state index contributed by atoms with van der Waals surface area (Å²) in [5.41, 5.74) is 1.46. The lowest BCUT2D eigenvalue weighted by Crippen LogP contribution is -2.43. The molecule has 8 nitrogen and oxygen atoms in total. The molecule has 1 heterocycles. The maximum Gasteiger partial charge on any atom is 0.347 e. The molecule has 0 aliphatic heterocycles. The number of aliphatic carboxylic acids is 1. The molecular weight excluding hydrogens is 548 g/mol. The van der Waals surface area contributed by atoms with Crippen LogP contribution in [-0.2, 0) is 24.3 Å². The first-order valence-electron chi connectivity index (χ1n) is 15.2. The van der Waals surface area contributed by atoms with Crippen LogP contribution in [0.2, 0.25) is 0 Å². The number of unbranched alkanes of at least 4 members (excludes halogenated alkanes) is 7. The fraction of sp³-hybridized carbons (Fsp3) is 0.515. The predicted octanol–water partition coefficient (Wildman–Crippen LogP) is 6.59. The highest BCUT2D eigenvalue weighted by Gasteiger charge is 2.28. The van der Waals surface area contributed by atoms with Crippen molar-refractivity contribution in [2.75, 3.05) is 11.9 Å². The summed E-state index contributed by atoms with van der Waals surface area (Å²) in [6.07, 6.45) is 10.1. The fourth-order valence-corrected chi connectivity index (χ4v) is 5.75. The van der Waals surface area contributed by atoms with Gasteiger partial charge < -0.3 is 10.4 Å². The molecule has 9 heteroatoms. The lowest BCUT2D eigenvalue weighted by molar-refractivity contribution is -0.138. The number of benzene rings is 2. The minimum absolute atomic E-state index is 0.234. The van der Waals surface area contributed by atoms with E-state index < -0.39 is 10.7 Å². The average molecular weight is 595 g/mol.